The minimum atomic E-state index is -0.163. The zero-order valence-corrected chi connectivity index (χ0v) is 9.60. The maximum absolute atomic E-state index is 11.8. The van der Waals surface area contributed by atoms with Crippen LogP contribution in [-0.4, -0.2) is 35.7 Å². The Hall–Kier alpha value is -2.21. The number of rotatable bonds is 0. The minimum Gasteiger partial charge on any atom is -0.310 e. The molecule has 2 aliphatic rings. The first-order chi connectivity index (χ1) is 8.84. The molecule has 2 aromatic rings. The zero-order chi connectivity index (χ0) is 12.1. The van der Waals surface area contributed by atoms with Crippen LogP contribution in [0.2, 0.25) is 0 Å². The van der Waals surface area contributed by atoms with Crippen molar-refractivity contribution in [1.29, 1.82) is 0 Å². The quantitative estimate of drug-likeness (QED) is 0.699. The van der Waals surface area contributed by atoms with E-state index in [1.54, 1.807) is 0 Å². The third-order valence-electron chi connectivity index (χ3n) is 3.39. The summed E-state index contributed by atoms with van der Waals surface area (Å²) < 4.78 is 0. The van der Waals surface area contributed by atoms with Gasteiger partial charge in [-0.25, -0.2) is 10.1 Å². The fraction of sp³-hybridized carbons (Fsp3) is 0.250. The fourth-order valence-corrected chi connectivity index (χ4v) is 2.56. The highest BCUT2D eigenvalue weighted by atomic mass is 16.1. The molecule has 0 unspecified atom stereocenters. The third-order valence-corrected chi connectivity index (χ3v) is 3.39. The van der Waals surface area contributed by atoms with Crippen LogP contribution in [0, 0.1) is 0 Å². The molecule has 0 atom stereocenters. The number of aliphatic imine (C=N–C) groups is 1. The molecule has 2 N–H and O–H groups in total. The number of benzene rings is 1. The van der Waals surface area contributed by atoms with Crippen LogP contribution in [0.5, 0.6) is 0 Å². The van der Waals surface area contributed by atoms with Gasteiger partial charge in [-0.2, -0.15) is 5.10 Å². The molecule has 3 heterocycles. The van der Waals surface area contributed by atoms with E-state index in [1.165, 1.54) is 0 Å². The van der Waals surface area contributed by atoms with Crippen LogP contribution < -0.4 is 15.8 Å². The second-order valence-corrected chi connectivity index (χ2v) is 4.43. The predicted octanol–water partition coefficient (Wildman–Crippen LogP) is 0.376. The highest BCUT2D eigenvalue weighted by Gasteiger charge is 2.26. The predicted molar refractivity (Wildman–Crippen MR) is 69.7 cm³/mol. The lowest BCUT2D eigenvalue weighted by Crippen LogP contribution is -2.49. The zero-order valence-electron chi connectivity index (χ0n) is 9.60. The summed E-state index contributed by atoms with van der Waals surface area (Å²) >= 11 is 0. The van der Waals surface area contributed by atoms with Crippen molar-refractivity contribution in [3.63, 3.8) is 0 Å². The van der Waals surface area contributed by atoms with Gasteiger partial charge in [0, 0.05) is 13.1 Å². The Labute approximate surface area is 102 Å². The molecule has 0 amide bonds. The van der Waals surface area contributed by atoms with Gasteiger partial charge in [-0.3, -0.25) is 4.79 Å². The summed E-state index contributed by atoms with van der Waals surface area (Å²) in [6.07, 6.45) is 0. The lowest BCUT2D eigenvalue weighted by molar-refractivity contribution is 0.704. The summed E-state index contributed by atoms with van der Waals surface area (Å²) in [5, 5.41) is 11.6. The van der Waals surface area contributed by atoms with Crippen molar-refractivity contribution >= 4 is 28.1 Å². The van der Waals surface area contributed by atoms with Crippen LogP contribution in [0.15, 0.2) is 28.0 Å². The van der Waals surface area contributed by atoms with Gasteiger partial charge in [0.15, 0.2) is 5.82 Å². The van der Waals surface area contributed by atoms with Crippen LogP contribution in [0.3, 0.4) is 0 Å². The van der Waals surface area contributed by atoms with Crippen molar-refractivity contribution in [2.45, 2.75) is 0 Å². The molecule has 90 valence electrons. The molecule has 2 aliphatic heterocycles. The van der Waals surface area contributed by atoms with Crippen molar-refractivity contribution in [2.75, 3.05) is 24.5 Å². The standard InChI is InChI=1S/C12H11N5O/c18-12-7-2-1-3-8-10(7)11(15-16-12)17-5-4-13-6-9(17)14-8/h1-3,13H,4-6H2,(H,16,18). The number of hydrogen-bond donors (Lipinski definition) is 2. The van der Waals surface area contributed by atoms with Gasteiger partial charge in [0.2, 0.25) is 0 Å². The molecule has 0 radical (unpaired) electrons. The van der Waals surface area contributed by atoms with Gasteiger partial charge in [-0.05, 0) is 12.1 Å². The Bertz CT molecular complexity index is 733. The average molecular weight is 241 g/mol. The van der Waals surface area contributed by atoms with E-state index in [-0.39, 0.29) is 5.56 Å². The molecule has 1 aromatic carbocycles. The number of nitrogens with zero attached hydrogens (tertiary/aromatic N) is 3. The van der Waals surface area contributed by atoms with Crippen LogP contribution in [-0.2, 0) is 0 Å². The lowest BCUT2D eigenvalue weighted by Gasteiger charge is -2.33. The first-order valence-electron chi connectivity index (χ1n) is 5.92. The molecule has 0 saturated carbocycles. The van der Waals surface area contributed by atoms with E-state index in [0.29, 0.717) is 5.39 Å². The van der Waals surface area contributed by atoms with Crippen molar-refractivity contribution in [3.8, 4) is 0 Å². The Kier molecular flexibility index (Phi) is 1.84. The molecule has 1 saturated heterocycles. The molecule has 6 heteroatoms. The monoisotopic (exact) mass is 241 g/mol. The molecular formula is C12H11N5O. The Morgan fingerprint density at radius 3 is 3.22 bits per heavy atom. The number of anilines is 1. The molecular weight excluding hydrogens is 230 g/mol. The van der Waals surface area contributed by atoms with Crippen molar-refractivity contribution < 1.29 is 0 Å². The van der Waals surface area contributed by atoms with Gasteiger partial charge >= 0.3 is 0 Å². The van der Waals surface area contributed by atoms with E-state index in [2.05, 4.69) is 25.4 Å². The van der Waals surface area contributed by atoms with Gasteiger partial charge < -0.3 is 10.2 Å². The van der Waals surface area contributed by atoms with Gasteiger partial charge in [0.25, 0.3) is 5.56 Å². The first kappa shape index (κ1) is 9.78. The van der Waals surface area contributed by atoms with E-state index in [1.807, 2.05) is 18.2 Å². The molecule has 18 heavy (non-hydrogen) atoms. The van der Waals surface area contributed by atoms with E-state index < -0.39 is 0 Å². The topological polar surface area (TPSA) is 73.4 Å². The molecule has 4 rings (SSSR count). The van der Waals surface area contributed by atoms with Crippen LogP contribution in [0.1, 0.15) is 0 Å². The van der Waals surface area contributed by atoms with Crippen molar-refractivity contribution in [1.82, 2.24) is 15.5 Å². The lowest BCUT2D eigenvalue weighted by atomic mass is 10.1. The summed E-state index contributed by atoms with van der Waals surface area (Å²) in [5.74, 6) is 1.77. The number of nitrogens with one attached hydrogen (secondary N) is 2. The maximum atomic E-state index is 11.8. The van der Waals surface area contributed by atoms with E-state index in [0.717, 1.165) is 42.4 Å². The van der Waals surface area contributed by atoms with Crippen molar-refractivity contribution in [3.05, 3.63) is 28.6 Å². The average Bonchev–Trinajstić information content (AvgIpc) is 2.42. The fourth-order valence-electron chi connectivity index (χ4n) is 2.56. The van der Waals surface area contributed by atoms with Gasteiger partial charge in [0.1, 0.15) is 5.84 Å². The SMILES string of the molecule is O=c1[nH]nc2c3c(cccc13)N=C1CNCCN12. The molecule has 0 bridgehead atoms. The van der Waals surface area contributed by atoms with E-state index in [4.69, 9.17) is 0 Å². The third kappa shape index (κ3) is 1.18. The second kappa shape index (κ2) is 3.39. The summed E-state index contributed by atoms with van der Waals surface area (Å²) in [6.45, 7) is 2.45. The number of hydrogen-bond acceptors (Lipinski definition) is 5. The minimum absolute atomic E-state index is 0.163. The van der Waals surface area contributed by atoms with Crippen molar-refractivity contribution in [2.24, 2.45) is 4.99 Å². The Morgan fingerprint density at radius 2 is 2.28 bits per heavy atom. The molecule has 0 aliphatic carbocycles. The van der Waals surface area contributed by atoms with E-state index >= 15 is 0 Å². The van der Waals surface area contributed by atoms with Gasteiger partial charge in [-0.1, -0.05) is 6.07 Å². The molecule has 1 aromatic heterocycles. The number of piperazine rings is 1. The number of aromatic nitrogens is 2. The molecule has 0 spiro atoms. The van der Waals surface area contributed by atoms with Crippen LogP contribution in [0.4, 0.5) is 11.5 Å². The summed E-state index contributed by atoms with van der Waals surface area (Å²) in [6, 6.07) is 5.59. The van der Waals surface area contributed by atoms with Crippen LogP contribution >= 0.6 is 0 Å². The number of amidine groups is 1. The molecule has 6 nitrogen and oxygen atoms in total. The smallest absolute Gasteiger partial charge is 0.272 e. The largest absolute Gasteiger partial charge is 0.310 e. The van der Waals surface area contributed by atoms with Crippen LogP contribution in [0.25, 0.3) is 10.8 Å². The summed E-state index contributed by atoms with van der Waals surface area (Å²) in [5.41, 5.74) is 0.667. The summed E-state index contributed by atoms with van der Waals surface area (Å²) in [7, 11) is 0. The second-order valence-electron chi connectivity index (χ2n) is 4.43. The van der Waals surface area contributed by atoms with Gasteiger partial charge in [0.05, 0.1) is 23.0 Å². The normalized spacial score (nSPS) is 17.6. The number of H-pyrrole nitrogens is 1. The molecule has 1 fully saturated rings. The maximum Gasteiger partial charge on any atom is 0.272 e. The van der Waals surface area contributed by atoms with E-state index in [9.17, 15) is 4.79 Å². The Balaban J connectivity index is 2.12. The van der Waals surface area contributed by atoms with Gasteiger partial charge in [-0.15, -0.1) is 0 Å². The highest BCUT2D eigenvalue weighted by molar-refractivity contribution is 6.14. The Morgan fingerprint density at radius 1 is 1.33 bits per heavy atom. The summed E-state index contributed by atoms with van der Waals surface area (Å²) in [4.78, 5) is 18.5. The number of aromatic amines is 1. The highest BCUT2D eigenvalue weighted by Crippen LogP contribution is 2.35. The number of fused-ring (bicyclic) bond motifs is 2. The first-order valence-corrected chi connectivity index (χ1v) is 5.92.